The maximum absolute atomic E-state index is 12.0. The molecule has 0 radical (unpaired) electrons. The zero-order valence-electron chi connectivity index (χ0n) is 12.3. The zero-order valence-corrected chi connectivity index (χ0v) is 13.1. The Morgan fingerprint density at radius 3 is 2.68 bits per heavy atom. The van der Waals surface area contributed by atoms with E-state index >= 15 is 0 Å². The van der Waals surface area contributed by atoms with Crippen LogP contribution in [0.15, 0.2) is 0 Å². The van der Waals surface area contributed by atoms with Crippen LogP contribution in [-0.4, -0.2) is 24.5 Å². The van der Waals surface area contributed by atoms with Crippen LogP contribution in [0.2, 0.25) is 0 Å². The highest BCUT2D eigenvalue weighted by Crippen LogP contribution is 2.29. The van der Waals surface area contributed by atoms with Gasteiger partial charge >= 0.3 is 0 Å². The molecule has 1 saturated heterocycles. The molecule has 3 nitrogen and oxygen atoms in total. The monoisotopic (exact) mass is 288 g/mol. The summed E-state index contributed by atoms with van der Waals surface area (Å²) in [5, 5.41) is 6.64. The van der Waals surface area contributed by atoms with E-state index in [1.54, 1.807) is 0 Å². The standard InChI is InChI=1S/C15H28N2O.ClH/c1-11(2)12-5-3-6-14(9-12)17-15(18)10-13-7-4-8-16-13;/h11-14,16H,3-10H2,1-2H3,(H,17,18);1H. The molecule has 3 atom stereocenters. The Morgan fingerprint density at radius 1 is 1.26 bits per heavy atom. The smallest absolute Gasteiger partial charge is 0.221 e. The SMILES string of the molecule is CC(C)C1CCCC(NC(=O)CC2CCCN2)C1.Cl. The molecule has 0 spiro atoms. The fourth-order valence-electron chi connectivity index (χ4n) is 3.41. The molecule has 1 saturated carbocycles. The van der Waals surface area contributed by atoms with Crippen LogP contribution < -0.4 is 10.6 Å². The third-order valence-corrected chi connectivity index (χ3v) is 4.62. The summed E-state index contributed by atoms with van der Waals surface area (Å²) >= 11 is 0. The van der Waals surface area contributed by atoms with E-state index in [9.17, 15) is 4.79 Å². The largest absolute Gasteiger partial charge is 0.353 e. The van der Waals surface area contributed by atoms with Crippen molar-refractivity contribution in [3.05, 3.63) is 0 Å². The Hall–Kier alpha value is -0.280. The van der Waals surface area contributed by atoms with Crippen LogP contribution in [0, 0.1) is 11.8 Å². The van der Waals surface area contributed by atoms with Crippen LogP contribution in [0.3, 0.4) is 0 Å². The highest BCUT2D eigenvalue weighted by atomic mass is 35.5. The molecule has 1 aliphatic carbocycles. The van der Waals surface area contributed by atoms with Crippen molar-refractivity contribution in [2.75, 3.05) is 6.54 Å². The lowest BCUT2D eigenvalue weighted by atomic mass is 9.79. The van der Waals surface area contributed by atoms with Gasteiger partial charge < -0.3 is 10.6 Å². The fraction of sp³-hybridized carbons (Fsp3) is 0.933. The topological polar surface area (TPSA) is 41.1 Å². The molecule has 1 amide bonds. The molecule has 0 aromatic heterocycles. The van der Waals surface area contributed by atoms with Crippen molar-refractivity contribution in [2.45, 2.75) is 70.9 Å². The first-order valence-corrected chi connectivity index (χ1v) is 7.68. The quantitative estimate of drug-likeness (QED) is 0.835. The fourth-order valence-corrected chi connectivity index (χ4v) is 3.41. The summed E-state index contributed by atoms with van der Waals surface area (Å²) in [6.45, 7) is 5.69. The number of nitrogens with one attached hydrogen (secondary N) is 2. The Morgan fingerprint density at radius 2 is 2.05 bits per heavy atom. The molecule has 0 aromatic rings. The van der Waals surface area contributed by atoms with E-state index in [4.69, 9.17) is 0 Å². The average Bonchev–Trinajstić information content (AvgIpc) is 2.82. The third-order valence-electron chi connectivity index (χ3n) is 4.62. The van der Waals surface area contributed by atoms with Crippen molar-refractivity contribution in [3.63, 3.8) is 0 Å². The Kier molecular flexibility index (Phi) is 7.16. The van der Waals surface area contributed by atoms with Crippen molar-refractivity contribution >= 4 is 18.3 Å². The molecule has 2 rings (SSSR count). The minimum atomic E-state index is 0. The Labute approximate surface area is 123 Å². The van der Waals surface area contributed by atoms with Gasteiger partial charge in [-0.15, -0.1) is 12.4 Å². The molecular weight excluding hydrogens is 260 g/mol. The van der Waals surface area contributed by atoms with E-state index in [1.165, 1.54) is 32.1 Å². The number of rotatable bonds is 4. The number of amides is 1. The van der Waals surface area contributed by atoms with Crippen LogP contribution in [0.5, 0.6) is 0 Å². The maximum Gasteiger partial charge on any atom is 0.221 e. The number of halogens is 1. The molecule has 2 aliphatic rings. The van der Waals surface area contributed by atoms with Gasteiger partial charge in [-0.1, -0.05) is 26.7 Å². The first-order valence-electron chi connectivity index (χ1n) is 7.68. The molecule has 112 valence electrons. The molecular formula is C15H29ClN2O. The van der Waals surface area contributed by atoms with Gasteiger partial charge in [-0.3, -0.25) is 4.79 Å². The Bertz CT molecular complexity index is 277. The molecule has 1 heterocycles. The number of carbonyl (C=O) groups is 1. The van der Waals surface area contributed by atoms with Crippen LogP contribution in [0.1, 0.15) is 58.8 Å². The van der Waals surface area contributed by atoms with E-state index in [2.05, 4.69) is 24.5 Å². The minimum Gasteiger partial charge on any atom is -0.353 e. The summed E-state index contributed by atoms with van der Waals surface area (Å²) in [6, 6.07) is 0.856. The zero-order chi connectivity index (χ0) is 13.0. The summed E-state index contributed by atoms with van der Waals surface area (Å²) in [4.78, 5) is 12.0. The second kappa shape index (κ2) is 8.11. The number of carbonyl (C=O) groups excluding carboxylic acids is 1. The molecule has 2 N–H and O–H groups in total. The molecule has 2 fully saturated rings. The van der Waals surface area contributed by atoms with Gasteiger partial charge in [0.05, 0.1) is 0 Å². The van der Waals surface area contributed by atoms with E-state index in [0.717, 1.165) is 24.8 Å². The highest BCUT2D eigenvalue weighted by molar-refractivity contribution is 5.85. The maximum atomic E-state index is 12.0. The summed E-state index contributed by atoms with van der Waals surface area (Å²) in [7, 11) is 0. The third kappa shape index (κ3) is 5.31. The summed E-state index contributed by atoms with van der Waals surface area (Å²) in [5.74, 6) is 1.80. The van der Waals surface area contributed by atoms with E-state index in [0.29, 0.717) is 18.5 Å². The van der Waals surface area contributed by atoms with Crippen molar-refractivity contribution < 1.29 is 4.79 Å². The van der Waals surface area contributed by atoms with Gasteiger partial charge in [0.25, 0.3) is 0 Å². The molecule has 1 aliphatic heterocycles. The van der Waals surface area contributed by atoms with Crippen molar-refractivity contribution in [2.24, 2.45) is 11.8 Å². The molecule has 0 aromatic carbocycles. The predicted molar refractivity (Wildman–Crippen MR) is 81.6 cm³/mol. The minimum absolute atomic E-state index is 0. The van der Waals surface area contributed by atoms with E-state index in [-0.39, 0.29) is 18.3 Å². The second-order valence-electron chi connectivity index (χ2n) is 6.43. The summed E-state index contributed by atoms with van der Waals surface area (Å²) < 4.78 is 0. The van der Waals surface area contributed by atoms with Gasteiger partial charge in [-0.05, 0) is 44.1 Å². The van der Waals surface area contributed by atoms with Crippen molar-refractivity contribution in [3.8, 4) is 0 Å². The molecule has 4 heteroatoms. The first kappa shape index (κ1) is 16.8. The van der Waals surface area contributed by atoms with E-state index < -0.39 is 0 Å². The van der Waals surface area contributed by atoms with Crippen molar-refractivity contribution in [1.82, 2.24) is 10.6 Å². The van der Waals surface area contributed by atoms with Crippen LogP contribution >= 0.6 is 12.4 Å². The highest BCUT2D eigenvalue weighted by Gasteiger charge is 2.26. The van der Waals surface area contributed by atoms with Gasteiger partial charge in [0.1, 0.15) is 0 Å². The summed E-state index contributed by atoms with van der Waals surface area (Å²) in [5.41, 5.74) is 0. The van der Waals surface area contributed by atoms with E-state index in [1.807, 2.05) is 0 Å². The lowest BCUT2D eigenvalue weighted by Gasteiger charge is -2.32. The predicted octanol–water partition coefficient (Wildman–Crippen LogP) is 2.88. The van der Waals surface area contributed by atoms with Gasteiger partial charge in [0, 0.05) is 18.5 Å². The summed E-state index contributed by atoms with van der Waals surface area (Å²) in [6.07, 6.45) is 8.02. The average molecular weight is 289 g/mol. The van der Waals surface area contributed by atoms with Gasteiger partial charge in [0.2, 0.25) is 5.91 Å². The van der Waals surface area contributed by atoms with Crippen LogP contribution in [0.25, 0.3) is 0 Å². The van der Waals surface area contributed by atoms with Gasteiger partial charge in [0.15, 0.2) is 0 Å². The van der Waals surface area contributed by atoms with Crippen LogP contribution in [-0.2, 0) is 4.79 Å². The van der Waals surface area contributed by atoms with Crippen LogP contribution in [0.4, 0.5) is 0 Å². The second-order valence-corrected chi connectivity index (χ2v) is 6.43. The lowest BCUT2D eigenvalue weighted by molar-refractivity contribution is -0.122. The Balaban J connectivity index is 0.00000180. The molecule has 3 unspecified atom stereocenters. The van der Waals surface area contributed by atoms with Gasteiger partial charge in [-0.25, -0.2) is 0 Å². The molecule has 19 heavy (non-hydrogen) atoms. The normalized spacial score (nSPS) is 31.0. The van der Waals surface area contributed by atoms with Crippen molar-refractivity contribution in [1.29, 1.82) is 0 Å². The van der Waals surface area contributed by atoms with Gasteiger partial charge in [-0.2, -0.15) is 0 Å². The number of hydrogen-bond acceptors (Lipinski definition) is 2. The molecule has 0 bridgehead atoms. The number of hydrogen-bond donors (Lipinski definition) is 2. The lowest BCUT2D eigenvalue weighted by Crippen LogP contribution is -2.41. The first-order chi connectivity index (χ1) is 8.65.